The molecule has 4 rings (SSSR count). The minimum absolute atomic E-state index is 0.0579. The van der Waals surface area contributed by atoms with Crippen LogP contribution >= 0.6 is 0 Å². The topological polar surface area (TPSA) is 68.8 Å². The van der Waals surface area contributed by atoms with E-state index in [4.69, 9.17) is 14.2 Å². The van der Waals surface area contributed by atoms with E-state index in [2.05, 4.69) is 22.8 Å². The Morgan fingerprint density at radius 1 is 1.08 bits per heavy atom. The average molecular weight is 354 g/mol. The van der Waals surface area contributed by atoms with Gasteiger partial charge in [-0.1, -0.05) is 18.2 Å². The summed E-state index contributed by atoms with van der Waals surface area (Å²) in [5.41, 5.74) is 2.28. The quantitative estimate of drug-likeness (QED) is 0.837. The van der Waals surface area contributed by atoms with Crippen molar-refractivity contribution in [3.8, 4) is 17.2 Å². The maximum Gasteiger partial charge on any atom is 0.315 e. The third kappa shape index (κ3) is 3.40. The zero-order valence-electron chi connectivity index (χ0n) is 14.7. The minimum Gasteiger partial charge on any atom is -0.497 e. The Balaban J connectivity index is 1.28. The molecule has 1 fully saturated rings. The monoisotopic (exact) mass is 354 g/mol. The number of hydrogen-bond acceptors (Lipinski definition) is 4. The van der Waals surface area contributed by atoms with Crippen LogP contribution in [0.25, 0.3) is 0 Å². The van der Waals surface area contributed by atoms with E-state index < -0.39 is 0 Å². The van der Waals surface area contributed by atoms with Crippen molar-refractivity contribution in [2.75, 3.05) is 20.4 Å². The van der Waals surface area contributed by atoms with Crippen molar-refractivity contribution in [2.24, 2.45) is 0 Å². The number of carbonyl (C=O) groups excluding carboxylic acids is 1. The van der Waals surface area contributed by atoms with Crippen molar-refractivity contribution in [3.63, 3.8) is 0 Å². The van der Waals surface area contributed by atoms with Crippen LogP contribution in [0.3, 0.4) is 0 Å². The molecule has 6 heteroatoms. The summed E-state index contributed by atoms with van der Waals surface area (Å²) in [5, 5.41) is 5.89. The summed E-state index contributed by atoms with van der Waals surface area (Å²) < 4.78 is 15.8. The highest BCUT2D eigenvalue weighted by Crippen LogP contribution is 2.47. The van der Waals surface area contributed by atoms with Crippen LogP contribution in [0, 0.1) is 0 Å². The Morgan fingerprint density at radius 3 is 2.58 bits per heavy atom. The molecule has 0 saturated heterocycles. The Morgan fingerprint density at radius 2 is 1.85 bits per heavy atom. The lowest BCUT2D eigenvalue weighted by molar-refractivity contribution is 0.174. The molecule has 136 valence electrons. The van der Waals surface area contributed by atoms with Gasteiger partial charge in [-0.2, -0.15) is 0 Å². The van der Waals surface area contributed by atoms with Gasteiger partial charge in [-0.15, -0.1) is 0 Å². The van der Waals surface area contributed by atoms with E-state index in [0.717, 1.165) is 35.7 Å². The first kappa shape index (κ1) is 16.6. The number of hydrogen-bond donors (Lipinski definition) is 2. The third-order valence-electron chi connectivity index (χ3n) is 5.03. The van der Waals surface area contributed by atoms with Crippen LogP contribution in [0.15, 0.2) is 42.5 Å². The van der Waals surface area contributed by atoms with Gasteiger partial charge in [0.1, 0.15) is 5.75 Å². The Kier molecular flexibility index (Phi) is 4.32. The highest BCUT2D eigenvalue weighted by molar-refractivity contribution is 5.74. The van der Waals surface area contributed by atoms with Gasteiger partial charge in [0.25, 0.3) is 0 Å². The molecular formula is C20H22N2O4. The van der Waals surface area contributed by atoms with Gasteiger partial charge in [-0.05, 0) is 48.2 Å². The minimum atomic E-state index is -0.164. The lowest BCUT2D eigenvalue weighted by Gasteiger charge is -2.17. The summed E-state index contributed by atoms with van der Waals surface area (Å²) in [6.07, 6.45) is 2.17. The maximum absolute atomic E-state index is 12.2. The number of nitrogens with one attached hydrogen (secondary N) is 2. The van der Waals surface area contributed by atoms with Crippen molar-refractivity contribution >= 4 is 6.03 Å². The van der Waals surface area contributed by atoms with Gasteiger partial charge < -0.3 is 24.8 Å². The molecule has 1 saturated carbocycles. The molecule has 0 radical (unpaired) electrons. The highest BCUT2D eigenvalue weighted by Gasteiger charge is 2.44. The van der Waals surface area contributed by atoms with Crippen molar-refractivity contribution in [1.29, 1.82) is 0 Å². The SMILES string of the molecule is COc1ccc(C2(CNC(=O)NCc3ccc4c(c3)OCO4)CC2)cc1. The number of fused-ring (bicyclic) bond motifs is 1. The van der Waals surface area contributed by atoms with Crippen molar-refractivity contribution < 1.29 is 19.0 Å². The first-order valence-corrected chi connectivity index (χ1v) is 8.73. The summed E-state index contributed by atoms with van der Waals surface area (Å²) in [4.78, 5) is 12.2. The van der Waals surface area contributed by atoms with Crippen LogP contribution in [-0.4, -0.2) is 26.5 Å². The summed E-state index contributed by atoms with van der Waals surface area (Å²) in [5.74, 6) is 2.31. The molecule has 26 heavy (non-hydrogen) atoms. The van der Waals surface area contributed by atoms with Gasteiger partial charge in [0.15, 0.2) is 11.5 Å². The van der Waals surface area contributed by atoms with E-state index in [1.807, 2.05) is 30.3 Å². The van der Waals surface area contributed by atoms with E-state index in [1.54, 1.807) is 7.11 Å². The number of urea groups is 1. The molecule has 0 unspecified atom stereocenters. The molecule has 0 aromatic heterocycles. The van der Waals surface area contributed by atoms with Crippen molar-refractivity contribution in [2.45, 2.75) is 24.8 Å². The number of carbonyl (C=O) groups is 1. The fraction of sp³-hybridized carbons (Fsp3) is 0.350. The maximum atomic E-state index is 12.2. The number of rotatable bonds is 6. The summed E-state index contributed by atoms with van der Waals surface area (Å²) in [6, 6.07) is 13.6. The van der Waals surface area contributed by atoms with Crippen molar-refractivity contribution in [1.82, 2.24) is 10.6 Å². The smallest absolute Gasteiger partial charge is 0.315 e. The molecule has 1 aliphatic heterocycles. The second kappa shape index (κ2) is 6.78. The molecule has 0 bridgehead atoms. The molecule has 2 aromatic carbocycles. The zero-order valence-corrected chi connectivity index (χ0v) is 14.7. The van der Waals surface area contributed by atoms with Crippen molar-refractivity contribution in [3.05, 3.63) is 53.6 Å². The van der Waals surface area contributed by atoms with E-state index in [-0.39, 0.29) is 18.2 Å². The zero-order chi connectivity index (χ0) is 18.0. The molecular weight excluding hydrogens is 332 g/mol. The van der Waals surface area contributed by atoms with Gasteiger partial charge >= 0.3 is 6.03 Å². The fourth-order valence-electron chi connectivity index (χ4n) is 3.21. The van der Waals surface area contributed by atoms with E-state index in [1.165, 1.54) is 5.56 Å². The lowest BCUT2D eigenvalue weighted by atomic mass is 9.96. The summed E-state index contributed by atoms with van der Waals surface area (Å²) in [6.45, 7) is 1.32. The van der Waals surface area contributed by atoms with E-state index in [0.29, 0.717) is 13.1 Å². The number of amides is 2. The molecule has 2 amide bonds. The normalized spacial score (nSPS) is 16.0. The Hall–Kier alpha value is -2.89. The molecule has 1 heterocycles. The first-order chi connectivity index (χ1) is 12.7. The molecule has 1 aliphatic carbocycles. The van der Waals surface area contributed by atoms with Gasteiger partial charge in [0.2, 0.25) is 6.79 Å². The predicted octanol–water partition coefficient (Wildman–Crippen LogP) is 2.95. The van der Waals surface area contributed by atoms with Gasteiger partial charge in [-0.25, -0.2) is 4.79 Å². The molecule has 6 nitrogen and oxygen atoms in total. The Bertz CT molecular complexity index is 800. The Labute approximate surface area is 152 Å². The summed E-state index contributed by atoms with van der Waals surface area (Å²) >= 11 is 0. The average Bonchev–Trinajstić information content (AvgIpc) is 3.33. The molecule has 2 N–H and O–H groups in total. The van der Waals surface area contributed by atoms with Crippen LogP contribution < -0.4 is 24.8 Å². The predicted molar refractivity (Wildman–Crippen MR) is 96.7 cm³/mol. The van der Waals surface area contributed by atoms with E-state index in [9.17, 15) is 4.79 Å². The van der Waals surface area contributed by atoms with Gasteiger partial charge in [0, 0.05) is 18.5 Å². The largest absolute Gasteiger partial charge is 0.497 e. The number of methoxy groups -OCH3 is 1. The van der Waals surface area contributed by atoms with Gasteiger partial charge in [0.05, 0.1) is 7.11 Å². The van der Waals surface area contributed by atoms with Crippen LogP contribution in [0.1, 0.15) is 24.0 Å². The van der Waals surface area contributed by atoms with E-state index >= 15 is 0 Å². The molecule has 0 atom stereocenters. The second-order valence-corrected chi connectivity index (χ2v) is 6.73. The summed E-state index contributed by atoms with van der Waals surface area (Å²) in [7, 11) is 1.66. The second-order valence-electron chi connectivity index (χ2n) is 6.73. The third-order valence-corrected chi connectivity index (χ3v) is 5.03. The molecule has 2 aromatic rings. The number of benzene rings is 2. The highest BCUT2D eigenvalue weighted by atomic mass is 16.7. The van der Waals surface area contributed by atoms with Crippen LogP contribution in [0.4, 0.5) is 4.79 Å². The molecule has 0 spiro atoms. The van der Waals surface area contributed by atoms with Crippen LogP contribution in [-0.2, 0) is 12.0 Å². The first-order valence-electron chi connectivity index (χ1n) is 8.73. The molecule has 2 aliphatic rings. The van der Waals surface area contributed by atoms with Crippen LogP contribution in [0.2, 0.25) is 0 Å². The van der Waals surface area contributed by atoms with Gasteiger partial charge in [-0.3, -0.25) is 0 Å². The lowest BCUT2D eigenvalue weighted by Crippen LogP contribution is -2.39. The fourth-order valence-corrected chi connectivity index (χ4v) is 3.21. The standard InChI is InChI=1S/C20H22N2O4/c1-24-16-5-3-15(4-6-16)20(8-9-20)12-22-19(23)21-11-14-2-7-17-18(10-14)26-13-25-17/h2-7,10H,8-9,11-13H2,1H3,(H2,21,22,23). The van der Waals surface area contributed by atoms with Crippen LogP contribution in [0.5, 0.6) is 17.2 Å². The number of ether oxygens (including phenoxy) is 3.